The minimum Gasteiger partial charge on any atom is -0.493 e. The molecular weight excluding hydrogens is 270 g/mol. The summed E-state index contributed by atoms with van der Waals surface area (Å²) < 4.78 is 6.00. The van der Waals surface area contributed by atoms with Crippen LogP contribution in [-0.4, -0.2) is 12.6 Å². The maximum atomic E-state index is 6.00. The lowest BCUT2D eigenvalue weighted by molar-refractivity contribution is 0.289. The van der Waals surface area contributed by atoms with Crippen molar-refractivity contribution in [1.29, 1.82) is 0 Å². The van der Waals surface area contributed by atoms with Gasteiger partial charge in [-0.2, -0.15) is 0 Å². The summed E-state index contributed by atoms with van der Waals surface area (Å²) in [7, 11) is 0. The van der Waals surface area contributed by atoms with Gasteiger partial charge in [-0.15, -0.1) is 0 Å². The normalized spacial score (nSPS) is 21.7. The number of benzene rings is 1. The first-order valence-corrected chi connectivity index (χ1v) is 9.23. The van der Waals surface area contributed by atoms with E-state index >= 15 is 0 Å². The second kappa shape index (κ2) is 9.89. The molecule has 2 nitrogen and oxygen atoms in total. The summed E-state index contributed by atoms with van der Waals surface area (Å²) in [6.45, 7) is 6.40. The lowest BCUT2D eigenvalue weighted by Crippen LogP contribution is -2.33. The first kappa shape index (κ1) is 17.3. The first-order chi connectivity index (χ1) is 10.8. The summed E-state index contributed by atoms with van der Waals surface area (Å²) in [4.78, 5) is 0. The van der Waals surface area contributed by atoms with Gasteiger partial charge in [0.05, 0.1) is 6.61 Å². The number of rotatable bonds is 9. The molecule has 0 spiro atoms. The van der Waals surface area contributed by atoms with Gasteiger partial charge in [0.15, 0.2) is 0 Å². The lowest BCUT2D eigenvalue weighted by atomic mass is 9.87. The average Bonchev–Trinajstić information content (AvgIpc) is 2.54. The van der Waals surface area contributed by atoms with E-state index in [-0.39, 0.29) is 0 Å². The van der Waals surface area contributed by atoms with Gasteiger partial charge in [0.1, 0.15) is 5.75 Å². The Kier molecular flexibility index (Phi) is 7.79. The van der Waals surface area contributed by atoms with Gasteiger partial charge in [-0.25, -0.2) is 0 Å². The molecule has 22 heavy (non-hydrogen) atoms. The van der Waals surface area contributed by atoms with Crippen LogP contribution >= 0.6 is 0 Å². The molecule has 1 aliphatic rings. The largest absolute Gasteiger partial charge is 0.493 e. The van der Waals surface area contributed by atoms with E-state index in [4.69, 9.17) is 4.74 Å². The molecule has 0 radical (unpaired) electrons. The van der Waals surface area contributed by atoms with Crippen molar-refractivity contribution >= 4 is 0 Å². The molecule has 2 heteroatoms. The third kappa shape index (κ3) is 6.00. The van der Waals surface area contributed by atoms with Crippen molar-refractivity contribution in [1.82, 2.24) is 5.32 Å². The Morgan fingerprint density at radius 3 is 2.82 bits per heavy atom. The molecule has 0 aliphatic heterocycles. The Morgan fingerprint density at radius 1 is 1.14 bits per heavy atom. The van der Waals surface area contributed by atoms with Crippen molar-refractivity contribution < 1.29 is 4.74 Å². The van der Waals surface area contributed by atoms with Crippen LogP contribution in [0, 0.1) is 5.92 Å². The summed E-state index contributed by atoms with van der Waals surface area (Å²) in [5, 5.41) is 3.74. The van der Waals surface area contributed by atoms with E-state index in [1.54, 1.807) is 0 Å². The number of hydrogen-bond donors (Lipinski definition) is 1. The number of nitrogens with one attached hydrogen (secondary N) is 1. The van der Waals surface area contributed by atoms with E-state index in [9.17, 15) is 0 Å². The Morgan fingerprint density at radius 2 is 2.00 bits per heavy atom. The first-order valence-electron chi connectivity index (χ1n) is 9.23. The summed E-state index contributed by atoms with van der Waals surface area (Å²) >= 11 is 0. The highest BCUT2D eigenvalue weighted by molar-refractivity contribution is 5.33. The van der Waals surface area contributed by atoms with Crippen molar-refractivity contribution in [2.45, 2.75) is 77.8 Å². The van der Waals surface area contributed by atoms with Crippen LogP contribution in [0.2, 0.25) is 0 Å². The number of para-hydroxylation sites is 1. The van der Waals surface area contributed by atoms with E-state index in [0.717, 1.165) is 31.2 Å². The van der Waals surface area contributed by atoms with Gasteiger partial charge in [0.25, 0.3) is 0 Å². The summed E-state index contributed by atoms with van der Waals surface area (Å²) in [6.07, 6.45) is 10.4. The molecule has 124 valence electrons. The van der Waals surface area contributed by atoms with Gasteiger partial charge >= 0.3 is 0 Å². The molecule has 1 fully saturated rings. The van der Waals surface area contributed by atoms with E-state index in [0.29, 0.717) is 6.04 Å². The third-order valence-corrected chi connectivity index (χ3v) is 4.75. The maximum Gasteiger partial charge on any atom is 0.123 e. The zero-order valence-electron chi connectivity index (χ0n) is 14.4. The Labute approximate surface area is 136 Å². The van der Waals surface area contributed by atoms with Crippen LogP contribution in [0.5, 0.6) is 5.75 Å². The molecule has 2 rings (SSSR count). The average molecular weight is 303 g/mol. The molecule has 1 aliphatic carbocycles. The van der Waals surface area contributed by atoms with Gasteiger partial charge < -0.3 is 10.1 Å². The number of unbranched alkanes of at least 4 members (excludes halogenated alkanes) is 3. The van der Waals surface area contributed by atoms with Gasteiger partial charge in [-0.3, -0.25) is 0 Å². The fourth-order valence-electron chi connectivity index (χ4n) is 3.38. The molecule has 0 amide bonds. The second-order valence-electron chi connectivity index (χ2n) is 6.87. The van der Waals surface area contributed by atoms with Crippen LogP contribution < -0.4 is 10.1 Å². The van der Waals surface area contributed by atoms with E-state index in [1.165, 1.54) is 50.5 Å². The second-order valence-corrected chi connectivity index (χ2v) is 6.87. The topological polar surface area (TPSA) is 21.3 Å². The van der Waals surface area contributed by atoms with E-state index < -0.39 is 0 Å². The summed E-state index contributed by atoms with van der Waals surface area (Å²) in [5.74, 6) is 1.94. The highest BCUT2D eigenvalue weighted by atomic mass is 16.5. The fraction of sp³-hybridized carbons (Fsp3) is 0.700. The molecule has 0 bridgehead atoms. The standard InChI is InChI=1S/C20H33NO/c1-3-4-5-8-14-22-20-13-7-6-11-18(20)16-21-19-12-9-10-17(2)15-19/h6-7,11,13,17,19,21H,3-5,8-10,12,14-16H2,1-2H3. The highest BCUT2D eigenvalue weighted by Gasteiger charge is 2.18. The SMILES string of the molecule is CCCCCCOc1ccccc1CNC1CCCC(C)C1. The molecule has 1 saturated carbocycles. The molecule has 1 aromatic carbocycles. The van der Waals surface area contributed by atoms with Crippen molar-refractivity contribution in [2.75, 3.05) is 6.61 Å². The molecule has 1 N–H and O–H groups in total. The third-order valence-electron chi connectivity index (χ3n) is 4.75. The van der Waals surface area contributed by atoms with E-state index in [2.05, 4.69) is 43.4 Å². The van der Waals surface area contributed by atoms with E-state index in [1.807, 2.05) is 0 Å². The zero-order valence-corrected chi connectivity index (χ0v) is 14.4. The van der Waals surface area contributed by atoms with Gasteiger partial charge in [0, 0.05) is 18.2 Å². The molecule has 0 saturated heterocycles. The Balaban J connectivity index is 1.77. The van der Waals surface area contributed by atoms with Crippen molar-refractivity contribution in [3.8, 4) is 5.75 Å². The highest BCUT2D eigenvalue weighted by Crippen LogP contribution is 2.25. The van der Waals surface area contributed by atoms with Crippen molar-refractivity contribution in [2.24, 2.45) is 5.92 Å². The molecule has 0 heterocycles. The monoisotopic (exact) mass is 303 g/mol. The molecule has 2 unspecified atom stereocenters. The quantitative estimate of drug-likeness (QED) is 0.624. The van der Waals surface area contributed by atoms with Gasteiger partial charge in [-0.05, 0) is 31.2 Å². The minimum atomic E-state index is 0.682. The summed E-state index contributed by atoms with van der Waals surface area (Å²) in [6, 6.07) is 9.18. The fourth-order valence-corrected chi connectivity index (χ4v) is 3.38. The minimum absolute atomic E-state index is 0.682. The van der Waals surface area contributed by atoms with Crippen LogP contribution in [0.1, 0.15) is 70.8 Å². The number of ether oxygens (including phenoxy) is 1. The van der Waals surface area contributed by atoms with Crippen LogP contribution in [-0.2, 0) is 6.54 Å². The smallest absolute Gasteiger partial charge is 0.123 e. The zero-order chi connectivity index (χ0) is 15.6. The van der Waals surface area contributed by atoms with Crippen LogP contribution in [0.3, 0.4) is 0 Å². The predicted octanol–water partition coefficient (Wildman–Crippen LogP) is 5.31. The molecular formula is C20H33NO. The van der Waals surface area contributed by atoms with Crippen molar-refractivity contribution in [3.05, 3.63) is 29.8 Å². The summed E-state index contributed by atoms with van der Waals surface area (Å²) in [5.41, 5.74) is 1.30. The molecule has 2 atom stereocenters. The number of hydrogen-bond acceptors (Lipinski definition) is 2. The lowest BCUT2D eigenvalue weighted by Gasteiger charge is -2.27. The Hall–Kier alpha value is -1.02. The predicted molar refractivity (Wildman–Crippen MR) is 94.3 cm³/mol. The van der Waals surface area contributed by atoms with Crippen LogP contribution in [0.4, 0.5) is 0 Å². The van der Waals surface area contributed by atoms with Crippen molar-refractivity contribution in [3.63, 3.8) is 0 Å². The maximum absolute atomic E-state index is 6.00. The van der Waals surface area contributed by atoms with Crippen LogP contribution in [0.25, 0.3) is 0 Å². The Bertz CT molecular complexity index is 418. The van der Waals surface area contributed by atoms with Gasteiger partial charge in [0.2, 0.25) is 0 Å². The molecule has 0 aromatic heterocycles. The van der Waals surface area contributed by atoms with Crippen LogP contribution in [0.15, 0.2) is 24.3 Å². The molecule has 1 aromatic rings. The van der Waals surface area contributed by atoms with Gasteiger partial charge in [-0.1, -0.05) is 64.2 Å².